The van der Waals surface area contributed by atoms with E-state index in [1.54, 1.807) is 0 Å². The Labute approximate surface area is 120 Å². The molecule has 2 unspecified atom stereocenters. The second-order valence-electron chi connectivity index (χ2n) is 6.83. The molecule has 2 nitrogen and oxygen atoms in total. The van der Waals surface area contributed by atoms with Gasteiger partial charge in [-0.15, -0.1) is 0 Å². The molecule has 2 heteroatoms. The smallest absolute Gasteiger partial charge is 0.0249 e. The molecule has 1 saturated heterocycles. The van der Waals surface area contributed by atoms with Gasteiger partial charge in [-0.25, -0.2) is 0 Å². The van der Waals surface area contributed by atoms with Gasteiger partial charge in [-0.1, -0.05) is 45.4 Å². The fourth-order valence-corrected chi connectivity index (χ4v) is 3.48. The zero-order chi connectivity index (χ0) is 13.5. The average Bonchev–Trinajstić information content (AvgIpc) is 3.22. The first-order valence-electron chi connectivity index (χ1n) is 8.78. The molecule has 0 amide bonds. The summed E-state index contributed by atoms with van der Waals surface area (Å²) in [6.45, 7) is 8.49. The number of unbranched alkanes of at least 4 members (excludes halogenated alkanes) is 6. The van der Waals surface area contributed by atoms with E-state index in [4.69, 9.17) is 0 Å². The van der Waals surface area contributed by atoms with Crippen molar-refractivity contribution in [1.29, 1.82) is 0 Å². The summed E-state index contributed by atoms with van der Waals surface area (Å²) in [5.41, 5.74) is 0. The van der Waals surface area contributed by atoms with Crippen LogP contribution in [-0.4, -0.2) is 36.6 Å². The maximum atomic E-state index is 3.67. The summed E-state index contributed by atoms with van der Waals surface area (Å²) in [6, 6.07) is 1.55. The minimum absolute atomic E-state index is 0.694. The zero-order valence-corrected chi connectivity index (χ0v) is 13.2. The lowest BCUT2D eigenvalue weighted by atomic mass is 10.0. The Morgan fingerprint density at radius 1 is 1.00 bits per heavy atom. The third kappa shape index (κ3) is 5.43. The Morgan fingerprint density at radius 2 is 1.68 bits per heavy atom. The molecule has 1 saturated carbocycles. The van der Waals surface area contributed by atoms with Crippen molar-refractivity contribution in [2.75, 3.05) is 19.6 Å². The minimum Gasteiger partial charge on any atom is -0.311 e. The van der Waals surface area contributed by atoms with Crippen LogP contribution in [-0.2, 0) is 0 Å². The molecule has 0 aromatic carbocycles. The highest BCUT2D eigenvalue weighted by Crippen LogP contribution is 2.36. The maximum absolute atomic E-state index is 3.67. The topological polar surface area (TPSA) is 15.3 Å². The Kier molecular flexibility index (Phi) is 6.66. The molecule has 2 aliphatic rings. The Hall–Kier alpha value is -0.0800. The summed E-state index contributed by atoms with van der Waals surface area (Å²) >= 11 is 0. The van der Waals surface area contributed by atoms with Crippen molar-refractivity contribution < 1.29 is 0 Å². The van der Waals surface area contributed by atoms with Gasteiger partial charge in [-0.3, -0.25) is 4.90 Å². The third-order valence-electron chi connectivity index (χ3n) is 4.87. The minimum atomic E-state index is 0.694. The SMILES string of the molecule is CCCCCCCCCN1CC(C)NCC1C1CC1. The summed E-state index contributed by atoms with van der Waals surface area (Å²) in [7, 11) is 0. The first-order valence-corrected chi connectivity index (χ1v) is 8.78. The van der Waals surface area contributed by atoms with Crippen molar-refractivity contribution in [1.82, 2.24) is 10.2 Å². The van der Waals surface area contributed by atoms with Gasteiger partial charge >= 0.3 is 0 Å². The van der Waals surface area contributed by atoms with E-state index in [9.17, 15) is 0 Å². The van der Waals surface area contributed by atoms with E-state index in [0.717, 1.165) is 12.0 Å². The van der Waals surface area contributed by atoms with Crippen molar-refractivity contribution in [3.8, 4) is 0 Å². The highest BCUT2D eigenvalue weighted by atomic mass is 15.2. The van der Waals surface area contributed by atoms with Crippen molar-refractivity contribution in [2.45, 2.75) is 83.7 Å². The second kappa shape index (κ2) is 8.26. The van der Waals surface area contributed by atoms with Crippen LogP contribution in [0.4, 0.5) is 0 Å². The largest absolute Gasteiger partial charge is 0.311 e. The van der Waals surface area contributed by atoms with Gasteiger partial charge in [-0.05, 0) is 38.6 Å². The molecule has 2 atom stereocenters. The normalized spacial score (nSPS) is 28.7. The average molecular weight is 266 g/mol. The van der Waals surface area contributed by atoms with Crippen LogP contribution in [0.15, 0.2) is 0 Å². The molecule has 1 N–H and O–H groups in total. The highest BCUT2D eigenvalue weighted by molar-refractivity contribution is 4.94. The lowest BCUT2D eigenvalue weighted by Gasteiger charge is -2.39. The number of hydrogen-bond acceptors (Lipinski definition) is 2. The Bertz CT molecular complexity index is 237. The Balaban J connectivity index is 1.57. The van der Waals surface area contributed by atoms with E-state index < -0.39 is 0 Å². The van der Waals surface area contributed by atoms with Crippen molar-refractivity contribution in [2.24, 2.45) is 5.92 Å². The Morgan fingerprint density at radius 3 is 2.37 bits per heavy atom. The first-order chi connectivity index (χ1) is 9.31. The van der Waals surface area contributed by atoms with Gasteiger partial charge in [0.2, 0.25) is 0 Å². The molecule has 2 fully saturated rings. The molecule has 0 aromatic heterocycles. The van der Waals surface area contributed by atoms with Gasteiger partial charge in [0.15, 0.2) is 0 Å². The van der Waals surface area contributed by atoms with E-state index in [2.05, 4.69) is 24.1 Å². The van der Waals surface area contributed by atoms with Crippen LogP contribution in [0.5, 0.6) is 0 Å². The van der Waals surface area contributed by atoms with E-state index in [0.29, 0.717) is 6.04 Å². The summed E-state index contributed by atoms with van der Waals surface area (Å²) in [5, 5.41) is 3.67. The van der Waals surface area contributed by atoms with Crippen LogP contribution in [0.3, 0.4) is 0 Å². The lowest BCUT2D eigenvalue weighted by Crippen LogP contribution is -2.56. The predicted octanol–water partition coefficient (Wildman–Crippen LogP) is 3.81. The zero-order valence-electron chi connectivity index (χ0n) is 13.2. The van der Waals surface area contributed by atoms with E-state index >= 15 is 0 Å². The number of nitrogens with zero attached hydrogens (tertiary/aromatic N) is 1. The number of rotatable bonds is 9. The molecule has 1 aliphatic heterocycles. The second-order valence-corrected chi connectivity index (χ2v) is 6.83. The van der Waals surface area contributed by atoms with E-state index in [-0.39, 0.29) is 0 Å². The lowest BCUT2D eigenvalue weighted by molar-refractivity contribution is 0.117. The van der Waals surface area contributed by atoms with E-state index in [1.165, 1.54) is 77.4 Å². The monoisotopic (exact) mass is 266 g/mol. The molecule has 0 bridgehead atoms. The van der Waals surface area contributed by atoms with Crippen LogP contribution < -0.4 is 5.32 Å². The first kappa shape index (κ1) is 15.3. The van der Waals surface area contributed by atoms with Crippen LogP contribution in [0.25, 0.3) is 0 Å². The molecule has 19 heavy (non-hydrogen) atoms. The molecule has 0 spiro atoms. The molecule has 1 aliphatic carbocycles. The van der Waals surface area contributed by atoms with Crippen LogP contribution in [0, 0.1) is 5.92 Å². The quantitative estimate of drug-likeness (QED) is 0.638. The van der Waals surface area contributed by atoms with Crippen molar-refractivity contribution >= 4 is 0 Å². The molecule has 0 aromatic rings. The summed E-state index contributed by atoms with van der Waals surface area (Å²) in [6.07, 6.45) is 13.0. The predicted molar refractivity (Wildman–Crippen MR) is 83.5 cm³/mol. The van der Waals surface area contributed by atoms with Crippen molar-refractivity contribution in [3.05, 3.63) is 0 Å². The number of piperazine rings is 1. The van der Waals surface area contributed by atoms with Crippen LogP contribution in [0.1, 0.15) is 71.6 Å². The van der Waals surface area contributed by atoms with Gasteiger partial charge in [0.1, 0.15) is 0 Å². The highest BCUT2D eigenvalue weighted by Gasteiger charge is 2.37. The van der Waals surface area contributed by atoms with Gasteiger partial charge < -0.3 is 5.32 Å². The molecular weight excluding hydrogens is 232 g/mol. The summed E-state index contributed by atoms with van der Waals surface area (Å²) in [5.74, 6) is 1.02. The van der Waals surface area contributed by atoms with Gasteiger partial charge in [0.05, 0.1) is 0 Å². The molecular formula is C17H34N2. The molecule has 0 radical (unpaired) electrons. The van der Waals surface area contributed by atoms with Gasteiger partial charge in [-0.2, -0.15) is 0 Å². The molecule has 112 valence electrons. The summed E-state index contributed by atoms with van der Waals surface area (Å²) < 4.78 is 0. The molecule has 2 rings (SSSR count). The van der Waals surface area contributed by atoms with Crippen LogP contribution >= 0.6 is 0 Å². The molecule has 1 heterocycles. The maximum Gasteiger partial charge on any atom is 0.0249 e. The standard InChI is InChI=1S/C17H34N2/c1-3-4-5-6-7-8-9-12-19-14-15(2)18-13-17(19)16-10-11-16/h15-18H,3-14H2,1-2H3. The van der Waals surface area contributed by atoms with Crippen LogP contribution in [0.2, 0.25) is 0 Å². The third-order valence-corrected chi connectivity index (χ3v) is 4.87. The number of nitrogens with one attached hydrogen (secondary N) is 1. The van der Waals surface area contributed by atoms with E-state index in [1.807, 2.05) is 0 Å². The van der Waals surface area contributed by atoms with Gasteiger partial charge in [0, 0.05) is 25.2 Å². The fourth-order valence-electron chi connectivity index (χ4n) is 3.48. The number of hydrogen-bond donors (Lipinski definition) is 1. The van der Waals surface area contributed by atoms with Crippen molar-refractivity contribution in [3.63, 3.8) is 0 Å². The fraction of sp³-hybridized carbons (Fsp3) is 1.00. The van der Waals surface area contributed by atoms with Gasteiger partial charge in [0.25, 0.3) is 0 Å². The summed E-state index contributed by atoms with van der Waals surface area (Å²) in [4.78, 5) is 2.80.